The van der Waals surface area contributed by atoms with Gasteiger partial charge in [-0.05, 0) is 56.6 Å². The quantitative estimate of drug-likeness (QED) is 0.0167. The van der Waals surface area contributed by atoms with E-state index in [1.54, 1.807) is 48.5 Å². The summed E-state index contributed by atoms with van der Waals surface area (Å²) in [6.07, 6.45) is 0. The molecule has 0 saturated heterocycles. The van der Waals surface area contributed by atoms with Crippen LogP contribution in [0.15, 0.2) is 48.5 Å². The number of carboxylic acids is 6. The number of rotatable bonds is 28. The predicted molar refractivity (Wildman–Crippen MR) is 256 cm³/mol. The molecule has 74 heavy (non-hydrogen) atoms. The van der Waals surface area contributed by atoms with Gasteiger partial charge < -0.3 is 41.3 Å². The maximum Gasteiger partial charge on any atom is 0.317 e. The van der Waals surface area contributed by atoms with Crippen LogP contribution >= 0.6 is 0 Å². The topological polar surface area (TPSA) is 370 Å². The normalized spacial score (nSPS) is 13.4. The molecule has 0 aliphatic carbocycles. The first-order valence-corrected chi connectivity index (χ1v) is 22.8. The molecule has 0 bridgehead atoms. The van der Waals surface area contributed by atoms with E-state index in [0.717, 1.165) is 19.6 Å². The van der Waals surface area contributed by atoms with Gasteiger partial charge in [0.05, 0.1) is 52.4 Å². The summed E-state index contributed by atoms with van der Waals surface area (Å²) >= 11 is 0. The van der Waals surface area contributed by atoms with Crippen molar-refractivity contribution in [3.8, 4) is 0 Å². The number of fused-ring (bicyclic) bond motifs is 2. The van der Waals surface area contributed by atoms with E-state index in [4.69, 9.17) is 20.4 Å². The molecule has 8 N–H and O–H groups in total. The average Bonchev–Trinajstić information content (AvgIpc) is 3.31. The van der Waals surface area contributed by atoms with Crippen LogP contribution in [0.3, 0.4) is 0 Å². The van der Waals surface area contributed by atoms with Crippen LogP contribution < -0.4 is 10.6 Å². The van der Waals surface area contributed by atoms with Crippen molar-refractivity contribution in [2.45, 2.75) is 0 Å². The second-order valence-corrected chi connectivity index (χ2v) is 17.6. The molecule has 2 aliphatic heterocycles. The fourth-order valence-electron chi connectivity index (χ4n) is 9.48. The average molecular weight is 1020 g/mol. The number of benzene rings is 5. The Morgan fingerprint density at radius 3 is 0.811 bits per heavy atom. The molecule has 5 aromatic rings. The van der Waals surface area contributed by atoms with Crippen molar-refractivity contribution < 1.29 is 88.2 Å². The zero-order valence-electron chi connectivity index (χ0n) is 39.2. The Morgan fingerprint density at radius 1 is 0.351 bits per heavy atom. The smallest absolute Gasteiger partial charge is 0.317 e. The van der Waals surface area contributed by atoms with E-state index in [1.807, 2.05) is 0 Å². The molecule has 5 aromatic carbocycles. The number of carboxylic acid groups (broad SMARTS) is 6. The highest BCUT2D eigenvalue weighted by atomic mass is 16.4. The monoisotopic (exact) mass is 1020 g/mol. The molecule has 6 amide bonds. The van der Waals surface area contributed by atoms with Gasteiger partial charge in [-0.3, -0.25) is 86.9 Å². The van der Waals surface area contributed by atoms with Crippen molar-refractivity contribution in [3.63, 3.8) is 0 Å². The molecule has 0 spiro atoms. The molecular formula is C48H48N8O18. The van der Waals surface area contributed by atoms with Crippen LogP contribution in [-0.4, -0.2) is 236 Å². The molecule has 0 saturated carbocycles. The predicted octanol–water partition coefficient (Wildman–Crippen LogP) is -1.12. The number of imide groups is 2. The lowest BCUT2D eigenvalue weighted by atomic mass is 9.82. The fraction of sp³-hybridized carbons (Fsp3) is 0.333. The molecule has 388 valence electrons. The summed E-state index contributed by atoms with van der Waals surface area (Å²) < 4.78 is 0. The maximum atomic E-state index is 14.1. The number of carbonyl (C=O) groups is 12. The van der Waals surface area contributed by atoms with Gasteiger partial charge in [0.1, 0.15) is 0 Å². The first-order valence-electron chi connectivity index (χ1n) is 22.8. The van der Waals surface area contributed by atoms with E-state index in [2.05, 4.69) is 10.6 Å². The summed E-state index contributed by atoms with van der Waals surface area (Å²) in [5.74, 6) is -11.7. The minimum Gasteiger partial charge on any atom is -0.480 e. The Hall–Kier alpha value is -8.72. The van der Waals surface area contributed by atoms with Gasteiger partial charge in [0, 0.05) is 85.4 Å². The Balaban J connectivity index is 1.04. The summed E-state index contributed by atoms with van der Waals surface area (Å²) in [6, 6.07) is 13.1. The van der Waals surface area contributed by atoms with E-state index in [1.165, 1.54) is 9.80 Å². The fourth-order valence-corrected chi connectivity index (χ4v) is 9.48. The molecule has 26 heteroatoms. The first-order chi connectivity index (χ1) is 35.1. The number of amides is 6. The van der Waals surface area contributed by atoms with E-state index in [0.29, 0.717) is 43.1 Å². The lowest BCUT2D eigenvalue weighted by Crippen LogP contribution is -2.47. The zero-order valence-corrected chi connectivity index (χ0v) is 39.2. The minimum absolute atomic E-state index is 0.168. The SMILES string of the molecule is O=C(O)CN(CCN(CC(=O)O)CC(=O)NCCN1C(=O)c2ccc3c4ccc5c6c(ccc(c7ccc(c2c37)C1=O)c64)C(=O)N(CCNC(=O)CN(CCN(CC(=O)O)CC(=O)O)CC(=O)O)C5=O)CC(=O)O. The highest BCUT2D eigenvalue weighted by molar-refractivity contribution is 6.41. The number of nitrogens with one attached hydrogen (secondary N) is 2. The van der Waals surface area contributed by atoms with Crippen molar-refractivity contribution in [2.75, 3.05) is 105 Å². The van der Waals surface area contributed by atoms with Gasteiger partial charge in [-0.25, -0.2) is 0 Å². The molecule has 2 heterocycles. The van der Waals surface area contributed by atoms with E-state index in [9.17, 15) is 67.7 Å². The van der Waals surface area contributed by atoms with Crippen LogP contribution in [0.5, 0.6) is 0 Å². The molecule has 0 atom stereocenters. The summed E-state index contributed by atoms with van der Waals surface area (Å²) in [4.78, 5) is 156. The summed E-state index contributed by atoms with van der Waals surface area (Å²) in [7, 11) is 0. The Bertz CT molecular complexity index is 2830. The lowest BCUT2D eigenvalue weighted by molar-refractivity contribution is -0.144. The van der Waals surface area contributed by atoms with E-state index >= 15 is 0 Å². The third-order valence-electron chi connectivity index (χ3n) is 12.5. The van der Waals surface area contributed by atoms with Gasteiger partial charge in [0.2, 0.25) is 11.8 Å². The van der Waals surface area contributed by atoms with Gasteiger partial charge in [-0.2, -0.15) is 0 Å². The molecule has 0 fully saturated rings. The van der Waals surface area contributed by atoms with Gasteiger partial charge in [-0.1, -0.05) is 24.3 Å². The number of hydrogen-bond donors (Lipinski definition) is 8. The number of nitrogens with zero attached hydrogens (tertiary/aromatic N) is 6. The van der Waals surface area contributed by atoms with E-state index in [-0.39, 0.29) is 74.6 Å². The largest absolute Gasteiger partial charge is 0.480 e. The molecular weight excluding hydrogens is 977 g/mol. The summed E-state index contributed by atoms with van der Waals surface area (Å²) in [5.41, 5.74) is 0.783. The highest BCUT2D eigenvalue weighted by Crippen LogP contribution is 2.46. The number of carbonyl (C=O) groups excluding carboxylic acids is 6. The standard InChI is InChI=1S/C48H48N8O18/c57-33(17-51(19-35(59)60)13-15-53(21-37(63)64)22-38(65)66)49-9-11-55-45(71)29-5-1-25-26-2-6-31-44-32(8-4-28(42(26)44)27-3-7-30(46(55)72)43(29)41(25)27)48(74)56(47(31)73)12-10-50-34(58)18-52(20-36(61)62)14-16-54(23-39(67)68)24-40(69)70/h1-8H,9-24H2,(H,49,57)(H,50,58)(H,59,60)(H,61,62)(H,63,64)(H,65,66)(H,67,68)(H,69,70). The number of aliphatic carboxylic acids is 6. The summed E-state index contributed by atoms with van der Waals surface area (Å²) in [5, 5.41) is 64.8. The third-order valence-corrected chi connectivity index (χ3v) is 12.5. The zero-order chi connectivity index (χ0) is 53.7. The molecule has 0 aromatic heterocycles. The van der Waals surface area contributed by atoms with Crippen molar-refractivity contribution in [1.29, 1.82) is 0 Å². The molecule has 7 rings (SSSR count). The van der Waals surface area contributed by atoms with Crippen LogP contribution in [0.1, 0.15) is 41.4 Å². The molecule has 0 radical (unpaired) electrons. The van der Waals surface area contributed by atoms with Crippen LogP contribution in [0.2, 0.25) is 0 Å². The Morgan fingerprint density at radius 2 is 0.581 bits per heavy atom. The van der Waals surface area contributed by atoms with Gasteiger partial charge in [0.25, 0.3) is 23.6 Å². The molecule has 2 aliphatic rings. The van der Waals surface area contributed by atoms with Crippen molar-refractivity contribution in [3.05, 3.63) is 70.8 Å². The molecule has 26 nitrogen and oxygen atoms in total. The summed E-state index contributed by atoms with van der Waals surface area (Å²) in [6.45, 7) is -6.40. The van der Waals surface area contributed by atoms with Crippen LogP contribution in [-0.2, 0) is 38.4 Å². The van der Waals surface area contributed by atoms with Crippen LogP contribution in [0.4, 0.5) is 0 Å². The maximum absolute atomic E-state index is 14.1. The minimum atomic E-state index is -1.30. The Labute approximate surface area is 417 Å². The van der Waals surface area contributed by atoms with Crippen LogP contribution in [0.25, 0.3) is 43.1 Å². The number of hydrogen-bond acceptors (Lipinski definition) is 16. The van der Waals surface area contributed by atoms with E-state index < -0.39 is 124 Å². The third kappa shape index (κ3) is 11.6. The van der Waals surface area contributed by atoms with Crippen molar-refractivity contribution in [1.82, 2.24) is 40.0 Å². The van der Waals surface area contributed by atoms with Gasteiger partial charge >= 0.3 is 35.8 Å². The highest BCUT2D eigenvalue weighted by Gasteiger charge is 2.37. The van der Waals surface area contributed by atoms with Crippen molar-refractivity contribution in [2.24, 2.45) is 0 Å². The Kier molecular flexibility index (Phi) is 16.0. The lowest BCUT2D eigenvalue weighted by Gasteiger charge is -2.30. The van der Waals surface area contributed by atoms with Crippen LogP contribution in [0, 0.1) is 0 Å². The second kappa shape index (κ2) is 22.4. The van der Waals surface area contributed by atoms with Gasteiger partial charge in [0.15, 0.2) is 0 Å². The van der Waals surface area contributed by atoms with Gasteiger partial charge in [-0.15, -0.1) is 0 Å². The first kappa shape index (κ1) is 53.1. The second-order valence-electron chi connectivity index (χ2n) is 17.6. The van der Waals surface area contributed by atoms with Crippen molar-refractivity contribution >= 4 is 114 Å². The molecule has 0 unspecified atom stereocenters.